The standard InChI is InChI=1S/C13H18FN3/c1-3-17(2)5-4-16-10-12-6-11(9-15)7-13(14)8-12/h6-8,16H,3-5,10H2,1-2H3. The van der Waals surface area contributed by atoms with Crippen LogP contribution < -0.4 is 5.32 Å². The van der Waals surface area contributed by atoms with Crippen molar-refractivity contribution in [2.24, 2.45) is 0 Å². The van der Waals surface area contributed by atoms with Gasteiger partial charge >= 0.3 is 0 Å². The maximum Gasteiger partial charge on any atom is 0.124 e. The van der Waals surface area contributed by atoms with Gasteiger partial charge in [0, 0.05) is 19.6 Å². The number of nitrogens with one attached hydrogen (secondary N) is 1. The Kier molecular flexibility index (Phi) is 5.61. The lowest BCUT2D eigenvalue weighted by molar-refractivity contribution is 0.349. The average molecular weight is 235 g/mol. The van der Waals surface area contributed by atoms with Crippen molar-refractivity contribution < 1.29 is 4.39 Å². The summed E-state index contributed by atoms with van der Waals surface area (Å²) >= 11 is 0. The van der Waals surface area contributed by atoms with Crippen molar-refractivity contribution >= 4 is 0 Å². The van der Waals surface area contributed by atoms with Crippen molar-refractivity contribution in [1.29, 1.82) is 5.26 Å². The van der Waals surface area contributed by atoms with Gasteiger partial charge in [-0.05, 0) is 37.4 Å². The van der Waals surface area contributed by atoms with Gasteiger partial charge in [-0.3, -0.25) is 0 Å². The van der Waals surface area contributed by atoms with Crippen LogP contribution in [0, 0.1) is 17.1 Å². The summed E-state index contributed by atoms with van der Waals surface area (Å²) < 4.78 is 13.1. The van der Waals surface area contributed by atoms with Crippen molar-refractivity contribution in [1.82, 2.24) is 10.2 Å². The quantitative estimate of drug-likeness (QED) is 0.763. The third-order valence-corrected chi connectivity index (χ3v) is 2.63. The normalized spacial score (nSPS) is 10.5. The first kappa shape index (κ1) is 13.6. The molecule has 0 aliphatic rings. The van der Waals surface area contributed by atoms with Gasteiger partial charge in [-0.1, -0.05) is 6.92 Å². The Morgan fingerprint density at radius 3 is 2.82 bits per heavy atom. The van der Waals surface area contributed by atoms with E-state index in [9.17, 15) is 4.39 Å². The summed E-state index contributed by atoms with van der Waals surface area (Å²) in [5.41, 5.74) is 1.17. The van der Waals surface area contributed by atoms with Crippen LogP contribution in [0.3, 0.4) is 0 Å². The van der Waals surface area contributed by atoms with Crippen molar-refractivity contribution in [3.8, 4) is 6.07 Å². The van der Waals surface area contributed by atoms with Crippen LogP contribution >= 0.6 is 0 Å². The molecule has 1 aromatic rings. The fourth-order valence-electron chi connectivity index (χ4n) is 1.48. The molecule has 1 N–H and O–H groups in total. The molecule has 1 rings (SSSR count). The Bertz CT molecular complexity index is 398. The molecule has 0 aliphatic carbocycles. The van der Waals surface area contributed by atoms with Crippen molar-refractivity contribution in [3.63, 3.8) is 0 Å². The highest BCUT2D eigenvalue weighted by Crippen LogP contribution is 2.08. The Hall–Kier alpha value is -1.44. The fraction of sp³-hybridized carbons (Fsp3) is 0.462. The molecule has 0 spiro atoms. The molecule has 4 heteroatoms. The minimum atomic E-state index is -0.355. The lowest BCUT2D eigenvalue weighted by atomic mass is 10.1. The highest BCUT2D eigenvalue weighted by molar-refractivity contribution is 5.33. The van der Waals surface area contributed by atoms with E-state index in [4.69, 9.17) is 5.26 Å². The van der Waals surface area contributed by atoms with E-state index in [0.717, 1.165) is 25.2 Å². The second kappa shape index (κ2) is 7.00. The number of nitrogens with zero attached hydrogens (tertiary/aromatic N) is 2. The van der Waals surface area contributed by atoms with Crippen LogP contribution in [0.2, 0.25) is 0 Å². The molecule has 17 heavy (non-hydrogen) atoms. The van der Waals surface area contributed by atoms with Crippen LogP contribution in [0.4, 0.5) is 4.39 Å². The van der Waals surface area contributed by atoms with Crippen LogP contribution in [0.15, 0.2) is 18.2 Å². The van der Waals surface area contributed by atoms with Gasteiger partial charge in [-0.25, -0.2) is 4.39 Å². The van der Waals surface area contributed by atoms with Gasteiger partial charge in [0.05, 0.1) is 11.6 Å². The zero-order chi connectivity index (χ0) is 12.7. The first-order valence-corrected chi connectivity index (χ1v) is 5.74. The SMILES string of the molecule is CCN(C)CCNCc1cc(F)cc(C#N)c1. The summed E-state index contributed by atoms with van der Waals surface area (Å²) in [7, 11) is 2.05. The van der Waals surface area contributed by atoms with Crippen LogP contribution in [0.1, 0.15) is 18.1 Å². The molecule has 0 bridgehead atoms. The first-order valence-electron chi connectivity index (χ1n) is 5.74. The molecule has 0 atom stereocenters. The van der Waals surface area contributed by atoms with Crippen molar-refractivity contribution in [2.75, 3.05) is 26.7 Å². The molecule has 1 aromatic carbocycles. The molecule has 0 heterocycles. The highest BCUT2D eigenvalue weighted by Gasteiger charge is 2.00. The summed E-state index contributed by atoms with van der Waals surface area (Å²) in [6.07, 6.45) is 0. The van der Waals surface area contributed by atoms with E-state index in [1.54, 1.807) is 6.07 Å². The number of hydrogen-bond donors (Lipinski definition) is 1. The van der Waals surface area contributed by atoms with Gasteiger partial charge in [0.25, 0.3) is 0 Å². The van der Waals surface area contributed by atoms with E-state index >= 15 is 0 Å². The maximum atomic E-state index is 13.1. The Balaban J connectivity index is 2.42. The number of halogens is 1. The molecular weight excluding hydrogens is 217 g/mol. The Labute approximate surface area is 102 Å². The highest BCUT2D eigenvalue weighted by atomic mass is 19.1. The van der Waals surface area contributed by atoms with Gasteiger partial charge < -0.3 is 10.2 Å². The van der Waals surface area contributed by atoms with Gasteiger partial charge in [-0.15, -0.1) is 0 Å². The van der Waals surface area contributed by atoms with E-state index < -0.39 is 0 Å². The monoisotopic (exact) mass is 235 g/mol. The van der Waals surface area contributed by atoms with Gasteiger partial charge in [0.15, 0.2) is 0 Å². The van der Waals surface area contributed by atoms with Crippen LogP contribution in [0.5, 0.6) is 0 Å². The largest absolute Gasteiger partial charge is 0.311 e. The second-order valence-electron chi connectivity index (χ2n) is 4.03. The molecule has 0 aliphatic heterocycles. The summed E-state index contributed by atoms with van der Waals surface area (Å²) in [5, 5.41) is 11.9. The zero-order valence-corrected chi connectivity index (χ0v) is 10.3. The van der Waals surface area contributed by atoms with Crippen LogP contribution in [-0.4, -0.2) is 31.6 Å². The number of benzene rings is 1. The molecule has 0 aromatic heterocycles. The van der Waals surface area contributed by atoms with E-state index in [-0.39, 0.29) is 5.82 Å². The summed E-state index contributed by atoms with van der Waals surface area (Å²) in [6.45, 7) is 5.51. The van der Waals surface area contributed by atoms with E-state index in [0.29, 0.717) is 12.1 Å². The van der Waals surface area contributed by atoms with Crippen LogP contribution in [0.25, 0.3) is 0 Å². The minimum Gasteiger partial charge on any atom is -0.311 e. The van der Waals surface area contributed by atoms with Crippen LogP contribution in [-0.2, 0) is 6.54 Å². The number of nitriles is 1. The van der Waals surface area contributed by atoms with Crippen molar-refractivity contribution in [2.45, 2.75) is 13.5 Å². The fourth-order valence-corrected chi connectivity index (χ4v) is 1.48. The Morgan fingerprint density at radius 2 is 2.18 bits per heavy atom. The average Bonchev–Trinajstić information content (AvgIpc) is 2.33. The molecule has 0 fully saturated rings. The summed E-state index contributed by atoms with van der Waals surface area (Å²) in [6, 6.07) is 6.36. The second-order valence-corrected chi connectivity index (χ2v) is 4.03. The number of hydrogen-bond acceptors (Lipinski definition) is 3. The molecule has 0 amide bonds. The molecule has 0 radical (unpaired) electrons. The molecule has 3 nitrogen and oxygen atoms in total. The van der Waals surface area contributed by atoms with Gasteiger partial charge in [0.2, 0.25) is 0 Å². The molecule has 92 valence electrons. The van der Waals surface area contributed by atoms with E-state index in [2.05, 4.69) is 24.2 Å². The summed E-state index contributed by atoms with van der Waals surface area (Å²) in [5.74, 6) is -0.355. The maximum absolute atomic E-state index is 13.1. The number of rotatable bonds is 6. The van der Waals surface area contributed by atoms with Gasteiger partial charge in [-0.2, -0.15) is 5.26 Å². The van der Waals surface area contributed by atoms with E-state index in [1.807, 2.05) is 6.07 Å². The zero-order valence-electron chi connectivity index (χ0n) is 10.3. The molecule has 0 saturated heterocycles. The smallest absolute Gasteiger partial charge is 0.124 e. The molecular formula is C13H18FN3. The summed E-state index contributed by atoms with van der Waals surface area (Å²) in [4.78, 5) is 2.19. The first-order chi connectivity index (χ1) is 8.15. The predicted molar refractivity (Wildman–Crippen MR) is 66.0 cm³/mol. The lowest BCUT2D eigenvalue weighted by Gasteiger charge is -2.14. The predicted octanol–water partition coefficient (Wildman–Crippen LogP) is 1.74. The lowest BCUT2D eigenvalue weighted by Crippen LogP contribution is -2.28. The van der Waals surface area contributed by atoms with Gasteiger partial charge in [0.1, 0.15) is 5.82 Å². The molecule has 0 unspecified atom stereocenters. The third kappa shape index (κ3) is 4.94. The topological polar surface area (TPSA) is 39.1 Å². The molecule has 0 saturated carbocycles. The Morgan fingerprint density at radius 1 is 1.41 bits per heavy atom. The van der Waals surface area contributed by atoms with E-state index in [1.165, 1.54) is 12.1 Å². The third-order valence-electron chi connectivity index (χ3n) is 2.63. The minimum absolute atomic E-state index is 0.355. The number of likely N-dealkylation sites (N-methyl/N-ethyl adjacent to an activating group) is 1. The van der Waals surface area contributed by atoms with Crippen molar-refractivity contribution in [3.05, 3.63) is 35.1 Å².